The topological polar surface area (TPSA) is 66.1 Å². The summed E-state index contributed by atoms with van der Waals surface area (Å²) in [5, 5.41) is 2.64. The molecule has 3 rings (SSSR count). The zero-order chi connectivity index (χ0) is 13.1. The predicted molar refractivity (Wildman–Crippen MR) is 67.1 cm³/mol. The molecule has 0 aliphatic carbocycles. The third-order valence-corrected chi connectivity index (χ3v) is 2.99. The van der Waals surface area contributed by atoms with Gasteiger partial charge in [-0.25, -0.2) is 9.63 Å². The average Bonchev–Trinajstić information content (AvgIpc) is 2.82. The first-order valence-corrected chi connectivity index (χ1v) is 6.34. The predicted octanol–water partition coefficient (Wildman–Crippen LogP) is 1.31. The van der Waals surface area contributed by atoms with Gasteiger partial charge in [-0.3, -0.25) is 5.43 Å². The third kappa shape index (κ3) is 2.69. The standard InChI is InChI=1S/C12H16N4O3/c17-12-13-14-16(19-11-8-4-5-9-18-11)15(12)10-6-2-1-3-7-10/h1-3,6-7,11,14H,4-5,8-9H2,(H,13,17). The number of ether oxygens (including phenoxy) is 1. The Hall–Kier alpha value is -1.67. The Morgan fingerprint density at radius 1 is 1.26 bits per heavy atom. The van der Waals surface area contributed by atoms with E-state index in [0.29, 0.717) is 12.3 Å². The SMILES string of the molecule is O=C1NNN(OC2CCCCO2)N1c1ccccc1. The van der Waals surface area contributed by atoms with Gasteiger partial charge in [0.2, 0.25) is 0 Å². The maximum absolute atomic E-state index is 11.8. The Morgan fingerprint density at radius 2 is 2.11 bits per heavy atom. The molecule has 2 saturated heterocycles. The lowest BCUT2D eigenvalue weighted by Gasteiger charge is -2.29. The summed E-state index contributed by atoms with van der Waals surface area (Å²) in [6.07, 6.45) is 2.59. The van der Waals surface area contributed by atoms with Crippen molar-refractivity contribution >= 4 is 11.7 Å². The number of hydrazine groups is 3. The van der Waals surface area contributed by atoms with Crippen LogP contribution in [0.2, 0.25) is 0 Å². The Balaban J connectivity index is 1.71. The van der Waals surface area contributed by atoms with Crippen LogP contribution in [0.5, 0.6) is 0 Å². The molecule has 2 fully saturated rings. The van der Waals surface area contributed by atoms with Crippen molar-refractivity contribution in [2.45, 2.75) is 25.6 Å². The van der Waals surface area contributed by atoms with Crippen LogP contribution in [0.25, 0.3) is 0 Å². The molecule has 2 heterocycles. The highest BCUT2D eigenvalue weighted by atomic mass is 16.8. The number of para-hydroxylation sites is 1. The molecule has 2 aliphatic heterocycles. The van der Waals surface area contributed by atoms with Crippen molar-refractivity contribution in [1.29, 1.82) is 0 Å². The van der Waals surface area contributed by atoms with E-state index < -0.39 is 0 Å². The molecule has 102 valence electrons. The van der Waals surface area contributed by atoms with Crippen LogP contribution in [0.15, 0.2) is 30.3 Å². The molecule has 1 aromatic rings. The van der Waals surface area contributed by atoms with E-state index in [1.54, 1.807) is 0 Å². The number of amides is 2. The number of urea groups is 1. The third-order valence-electron chi connectivity index (χ3n) is 2.99. The van der Waals surface area contributed by atoms with Gasteiger partial charge in [-0.15, -0.1) is 5.53 Å². The number of hydrogen-bond donors (Lipinski definition) is 2. The molecule has 2 aliphatic rings. The fourth-order valence-corrected chi connectivity index (χ4v) is 2.05. The van der Waals surface area contributed by atoms with Gasteiger partial charge in [0.05, 0.1) is 5.69 Å². The lowest BCUT2D eigenvalue weighted by molar-refractivity contribution is -0.306. The maximum Gasteiger partial charge on any atom is 0.355 e. The molecule has 0 radical (unpaired) electrons. The molecule has 2 amide bonds. The van der Waals surface area contributed by atoms with E-state index in [1.807, 2.05) is 30.3 Å². The minimum absolute atomic E-state index is 0.304. The lowest BCUT2D eigenvalue weighted by atomic mass is 10.2. The van der Waals surface area contributed by atoms with Crippen LogP contribution in [0, 0.1) is 0 Å². The van der Waals surface area contributed by atoms with E-state index in [-0.39, 0.29) is 12.3 Å². The van der Waals surface area contributed by atoms with E-state index >= 15 is 0 Å². The van der Waals surface area contributed by atoms with Crippen molar-refractivity contribution in [3.05, 3.63) is 30.3 Å². The first-order chi connectivity index (χ1) is 9.34. The second-order valence-corrected chi connectivity index (χ2v) is 4.36. The van der Waals surface area contributed by atoms with Gasteiger partial charge in [-0.1, -0.05) is 18.2 Å². The summed E-state index contributed by atoms with van der Waals surface area (Å²) in [4.78, 5) is 17.4. The van der Waals surface area contributed by atoms with Crippen molar-refractivity contribution in [2.75, 3.05) is 11.6 Å². The Labute approximate surface area is 110 Å². The second kappa shape index (κ2) is 5.54. The van der Waals surface area contributed by atoms with Crippen LogP contribution in [0.3, 0.4) is 0 Å². The molecule has 1 unspecified atom stereocenters. The first-order valence-electron chi connectivity index (χ1n) is 6.34. The van der Waals surface area contributed by atoms with Gasteiger partial charge in [0.1, 0.15) is 0 Å². The number of carbonyl (C=O) groups excluding carboxylic acids is 1. The zero-order valence-electron chi connectivity index (χ0n) is 10.4. The van der Waals surface area contributed by atoms with Gasteiger partial charge in [-0.2, -0.15) is 5.01 Å². The van der Waals surface area contributed by atoms with Crippen molar-refractivity contribution < 1.29 is 14.4 Å². The van der Waals surface area contributed by atoms with Crippen LogP contribution < -0.4 is 16.0 Å². The number of hydrogen-bond acceptors (Lipinski definition) is 5. The fourth-order valence-electron chi connectivity index (χ4n) is 2.05. The number of rotatable bonds is 3. The number of carbonyl (C=O) groups is 1. The molecule has 0 bridgehead atoms. The second-order valence-electron chi connectivity index (χ2n) is 4.36. The van der Waals surface area contributed by atoms with Crippen LogP contribution >= 0.6 is 0 Å². The number of nitrogens with one attached hydrogen (secondary N) is 2. The summed E-state index contributed by atoms with van der Waals surface area (Å²) >= 11 is 0. The van der Waals surface area contributed by atoms with E-state index in [0.717, 1.165) is 19.3 Å². The maximum atomic E-state index is 11.8. The smallest absolute Gasteiger partial charge is 0.351 e. The minimum atomic E-state index is -0.333. The largest absolute Gasteiger partial charge is 0.355 e. The molecule has 7 heteroatoms. The quantitative estimate of drug-likeness (QED) is 0.861. The summed E-state index contributed by atoms with van der Waals surface area (Å²) in [5.74, 6) is 0. The number of benzene rings is 1. The molecule has 2 N–H and O–H groups in total. The summed E-state index contributed by atoms with van der Waals surface area (Å²) in [6.45, 7) is 0.686. The van der Waals surface area contributed by atoms with Crippen LogP contribution in [-0.4, -0.2) is 24.2 Å². The molecule has 0 aromatic heterocycles. The van der Waals surface area contributed by atoms with Gasteiger partial charge in [0, 0.05) is 18.3 Å². The molecule has 1 atom stereocenters. The average molecular weight is 264 g/mol. The van der Waals surface area contributed by atoms with Crippen molar-refractivity contribution in [2.24, 2.45) is 0 Å². The van der Waals surface area contributed by atoms with Crippen molar-refractivity contribution in [1.82, 2.24) is 16.2 Å². The Kier molecular flexibility index (Phi) is 3.60. The monoisotopic (exact) mass is 264 g/mol. The summed E-state index contributed by atoms with van der Waals surface area (Å²) < 4.78 is 5.49. The minimum Gasteiger partial charge on any atom is -0.351 e. The van der Waals surface area contributed by atoms with Crippen molar-refractivity contribution in [3.63, 3.8) is 0 Å². The lowest BCUT2D eigenvalue weighted by Crippen LogP contribution is -2.46. The van der Waals surface area contributed by atoms with Crippen LogP contribution in [-0.2, 0) is 9.57 Å². The summed E-state index contributed by atoms with van der Waals surface area (Å²) in [7, 11) is 0. The highest BCUT2D eigenvalue weighted by Gasteiger charge is 2.33. The van der Waals surface area contributed by atoms with E-state index in [1.165, 1.54) is 10.3 Å². The molecule has 0 spiro atoms. The summed E-state index contributed by atoms with van der Waals surface area (Å²) in [6, 6.07) is 8.95. The van der Waals surface area contributed by atoms with Gasteiger partial charge >= 0.3 is 6.03 Å². The Morgan fingerprint density at radius 3 is 2.84 bits per heavy atom. The number of nitrogens with zero attached hydrogens (tertiary/aromatic N) is 2. The van der Waals surface area contributed by atoms with Gasteiger partial charge in [0.15, 0.2) is 6.29 Å². The van der Waals surface area contributed by atoms with E-state index in [2.05, 4.69) is 11.0 Å². The zero-order valence-corrected chi connectivity index (χ0v) is 10.4. The fraction of sp³-hybridized carbons (Fsp3) is 0.417. The molecular formula is C12H16N4O3. The van der Waals surface area contributed by atoms with Gasteiger partial charge < -0.3 is 4.74 Å². The van der Waals surface area contributed by atoms with Crippen molar-refractivity contribution in [3.8, 4) is 0 Å². The van der Waals surface area contributed by atoms with Gasteiger partial charge in [0.25, 0.3) is 0 Å². The Bertz CT molecular complexity index is 436. The first kappa shape index (κ1) is 12.4. The van der Waals surface area contributed by atoms with Crippen LogP contribution in [0.4, 0.5) is 10.5 Å². The summed E-state index contributed by atoms with van der Waals surface area (Å²) in [5.41, 5.74) is 5.86. The molecule has 7 nitrogen and oxygen atoms in total. The van der Waals surface area contributed by atoms with E-state index in [4.69, 9.17) is 9.57 Å². The molecule has 1 aromatic carbocycles. The molecule has 19 heavy (non-hydrogen) atoms. The highest BCUT2D eigenvalue weighted by Crippen LogP contribution is 2.21. The van der Waals surface area contributed by atoms with Gasteiger partial charge in [-0.05, 0) is 25.0 Å². The van der Waals surface area contributed by atoms with Crippen LogP contribution in [0.1, 0.15) is 19.3 Å². The number of anilines is 1. The molecule has 0 saturated carbocycles. The van der Waals surface area contributed by atoms with E-state index in [9.17, 15) is 4.79 Å². The normalized spacial score (nSPS) is 24.5. The molecular weight excluding hydrogens is 248 g/mol. The highest BCUT2D eigenvalue weighted by molar-refractivity contribution is 5.91.